The molecule has 0 bridgehead atoms. The molecule has 5 heteroatoms. The molecule has 2 aromatic heterocycles. The Labute approximate surface area is 124 Å². The molecule has 0 unspecified atom stereocenters. The molecule has 5 nitrogen and oxygen atoms in total. The van der Waals surface area contributed by atoms with Gasteiger partial charge in [0.25, 0.3) is 0 Å². The molecule has 0 aliphatic heterocycles. The van der Waals surface area contributed by atoms with Crippen LogP contribution in [0.25, 0.3) is 11.1 Å². The van der Waals surface area contributed by atoms with Gasteiger partial charge in [-0.15, -0.1) is 0 Å². The Kier molecular flexibility index (Phi) is 3.75. The van der Waals surface area contributed by atoms with Crippen molar-refractivity contribution >= 4 is 11.1 Å². The molecule has 0 radical (unpaired) electrons. The van der Waals surface area contributed by atoms with E-state index in [9.17, 15) is 0 Å². The van der Waals surface area contributed by atoms with Crippen molar-refractivity contribution in [2.24, 2.45) is 0 Å². The number of benzene rings is 1. The van der Waals surface area contributed by atoms with Crippen LogP contribution in [0.3, 0.4) is 0 Å². The van der Waals surface area contributed by atoms with Crippen molar-refractivity contribution in [1.29, 1.82) is 0 Å². The molecule has 0 spiro atoms. The second kappa shape index (κ2) is 5.69. The van der Waals surface area contributed by atoms with E-state index in [0.29, 0.717) is 12.4 Å². The minimum absolute atomic E-state index is 0.263. The van der Waals surface area contributed by atoms with E-state index < -0.39 is 0 Å². The van der Waals surface area contributed by atoms with Gasteiger partial charge in [-0.2, -0.15) is 5.10 Å². The molecule has 1 aromatic carbocycles. The fourth-order valence-electron chi connectivity index (χ4n) is 2.30. The summed E-state index contributed by atoms with van der Waals surface area (Å²) in [6.07, 6.45) is 3.94. The molecule has 21 heavy (non-hydrogen) atoms. The Morgan fingerprint density at radius 2 is 2.10 bits per heavy atom. The lowest BCUT2D eigenvalue weighted by Gasteiger charge is -2.21. The first-order valence-electron chi connectivity index (χ1n) is 7.22. The lowest BCUT2D eigenvalue weighted by atomic mass is 10.2. The van der Waals surface area contributed by atoms with Crippen LogP contribution in [-0.2, 0) is 6.54 Å². The fraction of sp³-hybridized carbons (Fsp3) is 0.375. The van der Waals surface area contributed by atoms with Gasteiger partial charge in [-0.25, -0.2) is 4.98 Å². The largest absolute Gasteiger partial charge is 0.439 e. The van der Waals surface area contributed by atoms with Gasteiger partial charge in [-0.3, -0.25) is 4.68 Å². The lowest BCUT2D eigenvalue weighted by molar-refractivity contribution is 0.350. The number of nitrogens with zero attached hydrogens (tertiary/aromatic N) is 3. The molecule has 3 rings (SSSR count). The minimum atomic E-state index is 0.263. The van der Waals surface area contributed by atoms with Crippen LogP contribution in [0.1, 0.15) is 31.3 Å². The predicted octanol–water partition coefficient (Wildman–Crippen LogP) is 3.07. The highest BCUT2D eigenvalue weighted by Gasteiger charge is 2.15. The van der Waals surface area contributed by atoms with Crippen LogP contribution in [-0.4, -0.2) is 20.8 Å². The number of nitrogens with one attached hydrogen (secondary N) is 1. The molecule has 3 aromatic rings. The Morgan fingerprint density at radius 1 is 1.29 bits per heavy atom. The SMILES string of the molecule is Cc1cnn([C@@H](C)[C@H](C)NCc2nc3ccccc3o2)c1. The van der Waals surface area contributed by atoms with Crippen LogP contribution in [0.2, 0.25) is 0 Å². The zero-order valence-corrected chi connectivity index (χ0v) is 12.6. The second-order valence-electron chi connectivity index (χ2n) is 5.48. The number of rotatable bonds is 5. The zero-order chi connectivity index (χ0) is 14.8. The Bertz CT molecular complexity index is 698. The summed E-state index contributed by atoms with van der Waals surface area (Å²) in [5.41, 5.74) is 2.91. The predicted molar refractivity (Wildman–Crippen MR) is 82.0 cm³/mol. The van der Waals surface area contributed by atoms with Gasteiger partial charge >= 0.3 is 0 Å². The van der Waals surface area contributed by atoms with Crippen LogP contribution in [0.4, 0.5) is 0 Å². The number of aryl methyl sites for hydroxylation is 1. The number of aromatic nitrogens is 3. The van der Waals surface area contributed by atoms with Crippen LogP contribution in [0.5, 0.6) is 0 Å². The van der Waals surface area contributed by atoms with E-state index in [1.807, 2.05) is 42.1 Å². The van der Waals surface area contributed by atoms with E-state index in [1.54, 1.807) is 0 Å². The average Bonchev–Trinajstić information content (AvgIpc) is 3.09. The molecule has 2 heterocycles. The molecule has 0 fully saturated rings. The summed E-state index contributed by atoms with van der Waals surface area (Å²) >= 11 is 0. The van der Waals surface area contributed by atoms with Crippen molar-refractivity contribution in [3.63, 3.8) is 0 Å². The molecule has 2 atom stereocenters. The highest BCUT2D eigenvalue weighted by atomic mass is 16.3. The molecule has 0 aliphatic rings. The third-order valence-corrected chi connectivity index (χ3v) is 3.78. The Morgan fingerprint density at radius 3 is 2.81 bits per heavy atom. The van der Waals surface area contributed by atoms with Gasteiger partial charge < -0.3 is 9.73 Å². The average molecular weight is 284 g/mol. The van der Waals surface area contributed by atoms with Crippen molar-refractivity contribution in [3.05, 3.63) is 48.1 Å². The van der Waals surface area contributed by atoms with Crippen LogP contribution in [0, 0.1) is 6.92 Å². The number of hydrogen-bond donors (Lipinski definition) is 1. The van der Waals surface area contributed by atoms with Crippen molar-refractivity contribution in [1.82, 2.24) is 20.1 Å². The third kappa shape index (κ3) is 2.97. The summed E-state index contributed by atoms with van der Waals surface area (Å²) < 4.78 is 7.70. The molecule has 0 aliphatic carbocycles. The minimum Gasteiger partial charge on any atom is -0.439 e. The maximum absolute atomic E-state index is 5.71. The molecular weight excluding hydrogens is 264 g/mol. The highest BCUT2D eigenvalue weighted by Crippen LogP contribution is 2.16. The molecule has 1 N–H and O–H groups in total. The van der Waals surface area contributed by atoms with Gasteiger partial charge in [0.1, 0.15) is 5.52 Å². The highest BCUT2D eigenvalue weighted by molar-refractivity contribution is 5.72. The summed E-state index contributed by atoms with van der Waals surface area (Å²) in [6.45, 7) is 6.95. The second-order valence-corrected chi connectivity index (χ2v) is 5.48. The Balaban J connectivity index is 1.63. The number of hydrogen-bond acceptors (Lipinski definition) is 4. The van der Waals surface area contributed by atoms with E-state index in [1.165, 1.54) is 5.56 Å². The molecular formula is C16H20N4O. The van der Waals surface area contributed by atoms with Crippen molar-refractivity contribution in [3.8, 4) is 0 Å². The quantitative estimate of drug-likeness (QED) is 0.782. The van der Waals surface area contributed by atoms with E-state index in [2.05, 4.69) is 35.4 Å². The van der Waals surface area contributed by atoms with Gasteiger partial charge in [0, 0.05) is 12.2 Å². The van der Waals surface area contributed by atoms with E-state index >= 15 is 0 Å². The maximum Gasteiger partial charge on any atom is 0.209 e. The third-order valence-electron chi connectivity index (χ3n) is 3.78. The van der Waals surface area contributed by atoms with Gasteiger partial charge in [0.2, 0.25) is 5.89 Å². The van der Waals surface area contributed by atoms with Gasteiger partial charge in [-0.1, -0.05) is 12.1 Å². The first kappa shape index (κ1) is 13.8. The standard InChI is InChI=1S/C16H20N4O/c1-11-8-18-20(10-11)13(3)12(2)17-9-16-19-14-6-4-5-7-15(14)21-16/h4-8,10,12-13,17H,9H2,1-3H3/t12-,13-/m0/s1. The first-order chi connectivity index (χ1) is 10.1. The Hall–Kier alpha value is -2.14. The summed E-state index contributed by atoms with van der Waals surface area (Å²) in [6, 6.07) is 8.34. The van der Waals surface area contributed by atoms with Crippen LogP contribution in [0.15, 0.2) is 41.1 Å². The zero-order valence-electron chi connectivity index (χ0n) is 12.6. The molecule has 0 saturated carbocycles. The smallest absolute Gasteiger partial charge is 0.209 e. The number of fused-ring (bicyclic) bond motifs is 1. The maximum atomic E-state index is 5.71. The summed E-state index contributed by atoms with van der Waals surface area (Å²) in [5, 5.41) is 7.81. The van der Waals surface area contributed by atoms with E-state index in [4.69, 9.17) is 4.42 Å². The summed E-state index contributed by atoms with van der Waals surface area (Å²) in [4.78, 5) is 4.47. The number of para-hydroxylation sites is 2. The lowest BCUT2D eigenvalue weighted by Crippen LogP contribution is -2.33. The first-order valence-corrected chi connectivity index (χ1v) is 7.22. The van der Waals surface area contributed by atoms with Gasteiger partial charge in [0.15, 0.2) is 5.58 Å². The van der Waals surface area contributed by atoms with Gasteiger partial charge in [0.05, 0.1) is 18.8 Å². The summed E-state index contributed by atoms with van der Waals surface area (Å²) in [5.74, 6) is 0.715. The van der Waals surface area contributed by atoms with Crippen molar-refractivity contribution in [2.75, 3.05) is 0 Å². The van der Waals surface area contributed by atoms with Gasteiger partial charge in [-0.05, 0) is 38.5 Å². The molecule has 0 saturated heterocycles. The van der Waals surface area contributed by atoms with E-state index in [-0.39, 0.29) is 12.1 Å². The monoisotopic (exact) mass is 284 g/mol. The summed E-state index contributed by atoms with van der Waals surface area (Å²) in [7, 11) is 0. The normalized spacial score (nSPS) is 14.4. The number of oxazole rings is 1. The molecule has 0 amide bonds. The van der Waals surface area contributed by atoms with Crippen molar-refractivity contribution in [2.45, 2.75) is 39.4 Å². The van der Waals surface area contributed by atoms with Crippen LogP contribution >= 0.6 is 0 Å². The van der Waals surface area contributed by atoms with Crippen molar-refractivity contribution < 1.29 is 4.42 Å². The fourth-order valence-corrected chi connectivity index (χ4v) is 2.30. The molecule has 110 valence electrons. The van der Waals surface area contributed by atoms with Crippen LogP contribution < -0.4 is 5.32 Å². The topological polar surface area (TPSA) is 55.9 Å². The van der Waals surface area contributed by atoms with E-state index in [0.717, 1.165) is 11.1 Å².